The molecule has 2 rings (SSSR count). The van der Waals surface area contributed by atoms with E-state index in [0.29, 0.717) is 16.1 Å². The van der Waals surface area contributed by atoms with E-state index in [-0.39, 0.29) is 6.04 Å². The number of nitrogens with one attached hydrogen (secondary N) is 1. The zero-order chi connectivity index (χ0) is 14.0. The van der Waals surface area contributed by atoms with Gasteiger partial charge in [0.05, 0.1) is 6.04 Å². The molecule has 2 nitrogen and oxygen atoms in total. The van der Waals surface area contributed by atoms with E-state index >= 15 is 0 Å². The van der Waals surface area contributed by atoms with Crippen molar-refractivity contribution in [2.24, 2.45) is 0 Å². The highest BCUT2D eigenvalue weighted by molar-refractivity contribution is 7.09. The number of aryl methyl sites for hydroxylation is 1. The van der Waals surface area contributed by atoms with E-state index in [1.165, 1.54) is 0 Å². The molecular formula is C14H16Cl2N2S. The second-order valence-electron chi connectivity index (χ2n) is 4.75. The highest BCUT2D eigenvalue weighted by atomic mass is 35.5. The average Bonchev–Trinajstić information content (AvgIpc) is 2.76. The fourth-order valence-corrected chi connectivity index (χ4v) is 3.15. The number of hydrogen-bond acceptors (Lipinski definition) is 3. The van der Waals surface area contributed by atoms with Gasteiger partial charge in [-0.2, -0.15) is 0 Å². The number of nitrogens with zero attached hydrogens (tertiary/aromatic N) is 1. The van der Waals surface area contributed by atoms with Gasteiger partial charge in [-0.1, -0.05) is 23.2 Å². The molecule has 19 heavy (non-hydrogen) atoms. The normalized spacial score (nSPS) is 12.9. The molecule has 1 aromatic carbocycles. The summed E-state index contributed by atoms with van der Waals surface area (Å²) < 4.78 is 0. The Morgan fingerprint density at radius 2 is 2.00 bits per heavy atom. The van der Waals surface area contributed by atoms with Crippen molar-refractivity contribution in [1.29, 1.82) is 0 Å². The SMILES string of the molecule is Cc1csc(C(NC(C)C)c2cc(Cl)ccc2Cl)n1. The number of rotatable bonds is 4. The van der Waals surface area contributed by atoms with E-state index in [1.54, 1.807) is 17.4 Å². The molecule has 0 fully saturated rings. The van der Waals surface area contributed by atoms with Crippen LogP contribution in [0.15, 0.2) is 23.6 Å². The molecule has 0 saturated heterocycles. The molecule has 1 atom stereocenters. The minimum Gasteiger partial charge on any atom is -0.302 e. The summed E-state index contributed by atoms with van der Waals surface area (Å²) >= 11 is 14.0. The second kappa shape index (κ2) is 6.23. The Balaban J connectivity index is 2.45. The van der Waals surface area contributed by atoms with Crippen molar-refractivity contribution >= 4 is 34.5 Å². The topological polar surface area (TPSA) is 24.9 Å². The standard InChI is InChI=1S/C14H16Cl2N2S/c1-8(2)17-13(14-18-9(3)7-19-14)11-6-10(15)4-5-12(11)16/h4-8,13,17H,1-3H3. The molecule has 0 aliphatic rings. The third kappa shape index (κ3) is 3.69. The van der Waals surface area contributed by atoms with Crippen molar-refractivity contribution in [3.05, 3.63) is 49.9 Å². The molecule has 2 aromatic rings. The summed E-state index contributed by atoms with van der Waals surface area (Å²) in [6, 6.07) is 5.83. The molecule has 1 heterocycles. The molecule has 102 valence electrons. The van der Waals surface area contributed by atoms with Crippen LogP contribution in [0.4, 0.5) is 0 Å². The molecule has 5 heteroatoms. The van der Waals surface area contributed by atoms with E-state index in [9.17, 15) is 0 Å². The van der Waals surface area contributed by atoms with Crippen LogP contribution in [0.1, 0.15) is 36.2 Å². The average molecular weight is 315 g/mol. The summed E-state index contributed by atoms with van der Waals surface area (Å²) in [7, 11) is 0. The van der Waals surface area contributed by atoms with Crippen LogP contribution in [-0.4, -0.2) is 11.0 Å². The molecule has 0 aliphatic heterocycles. The first-order valence-electron chi connectivity index (χ1n) is 6.10. The molecule has 1 N–H and O–H groups in total. The van der Waals surface area contributed by atoms with Crippen LogP contribution in [0.3, 0.4) is 0 Å². The van der Waals surface area contributed by atoms with Crippen molar-refractivity contribution in [2.45, 2.75) is 32.9 Å². The van der Waals surface area contributed by atoms with Gasteiger partial charge in [0.2, 0.25) is 0 Å². The van der Waals surface area contributed by atoms with Crippen LogP contribution < -0.4 is 5.32 Å². The Hall–Kier alpha value is -0.610. The molecule has 0 bridgehead atoms. The zero-order valence-electron chi connectivity index (χ0n) is 11.1. The third-order valence-corrected chi connectivity index (χ3v) is 4.26. The summed E-state index contributed by atoms with van der Waals surface area (Å²) in [4.78, 5) is 4.57. The number of hydrogen-bond donors (Lipinski definition) is 1. The first-order chi connectivity index (χ1) is 8.97. The molecule has 0 radical (unpaired) electrons. The highest BCUT2D eigenvalue weighted by Crippen LogP contribution is 2.32. The predicted molar refractivity (Wildman–Crippen MR) is 83.4 cm³/mol. The van der Waals surface area contributed by atoms with Crippen LogP contribution in [-0.2, 0) is 0 Å². The molecular weight excluding hydrogens is 299 g/mol. The Morgan fingerprint density at radius 3 is 2.58 bits per heavy atom. The lowest BCUT2D eigenvalue weighted by Gasteiger charge is -2.21. The van der Waals surface area contributed by atoms with E-state index in [0.717, 1.165) is 16.3 Å². The van der Waals surface area contributed by atoms with Gasteiger partial charge >= 0.3 is 0 Å². The van der Waals surface area contributed by atoms with Crippen LogP contribution in [0.2, 0.25) is 10.0 Å². The van der Waals surface area contributed by atoms with E-state index in [4.69, 9.17) is 23.2 Å². The first-order valence-corrected chi connectivity index (χ1v) is 7.74. The van der Waals surface area contributed by atoms with Crippen LogP contribution in [0.5, 0.6) is 0 Å². The smallest absolute Gasteiger partial charge is 0.114 e. The van der Waals surface area contributed by atoms with Crippen molar-refractivity contribution in [2.75, 3.05) is 0 Å². The number of halogens is 2. The van der Waals surface area contributed by atoms with E-state index in [1.807, 2.05) is 24.4 Å². The molecule has 0 aliphatic carbocycles. The summed E-state index contributed by atoms with van der Waals surface area (Å²) in [6.45, 7) is 6.20. The highest BCUT2D eigenvalue weighted by Gasteiger charge is 2.21. The van der Waals surface area contributed by atoms with Crippen molar-refractivity contribution in [3.8, 4) is 0 Å². The van der Waals surface area contributed by atoms with E-state index < -0.39 is 0 Å². The maximum Gasteiger partial charge on any atom is 0.114 e. The lowest BCUT2D eigenvalue weighted by atomic mass is 10.1. The summed E-state index contributed by atoms with van der Waals surface area (Å²) in [5.41, 5.74) is 1.99. The van der Waals surface area contributed by atoms with Gasteiger partial charge in [-0.3, -0.25) is 0 Å². The quantitative estimate of drug-likeness (QED) is 0.873. The molecule has 0 amide bonds. The number of aromatic nitrogens is 1. The summed E-state index contributed by atoms with van der Waals surface area (Å²) in [5, 5.41) is 7.94. The van der Waals surface area contributed by atoms with Gasteiger partial charge in [0.25, 0.3) is 0 Å². The second-order valence-corrected chi connectivity index (χ2v) is 6.48. The summed E-state index contributed by atoms with van der Waals surface area (Å²) in [6.07, 6.45) is 0. The maximum atomic E-state index is 6.31. The first kappa shape index (κ1) is 14.8. The van der Waals surface area contributed by atoms with Gasteiger partial charge in [-0.15, -0.1) is 11.3 Å². The number of benzene rings is 1. The maximum absolute atomic E-state index is 6.31. The lowest BCUT2D eigenvalue weighted by Crippen LogP contribution is -2.29. The van der Waals surface area contributed by atoms with Crippen LogP contribution in [0.25, 0.3) is 0 Å². The minimum absolute atomic E-state index is 0.0232. The van der Waals surface area contributed by atoms with Crippen molar-refractivity contribution in [3.63, 3.8) is 0 Å². The third-order valence-electron chi connectivity index (χ3n) is 2.65. The monoisotopic (exact) mass is 314 g/mol. The fraction of sp³-hybridized carbons (Fsp3) is 0.357. The molecule has 1 aromatic heterocycles. The van der Waals surface area contributed by atoms with Crippen LogP contribution >= 0.6 is 34.5 Å². The fourth-order valence-electron chi connectivity index (χ4n) is 1.87. The summed E-state index contributed by atoms with van der Waals surface area (Å²) in [5.74, 6) is 0. The lowest BCUT2D eigenvalue weighted by molar-refractivity contribution is 0.526. The van der Waals surface area contributed by atoms with E-state index in [2.05, 4.69) is 24.1 Å². The molecule has 1 unspecified atom stereocenters. The van der Waals surface area contributed by atoms with Gasteiger partial charge in [-0.05, 0) is 44.5 Å². The Kier molecular flexibility index (Phi) is 4.85. The van der Waals surface area contributed by atoms with Crippen molar-refractivity contribution in [1.82, 2.24) is 10.3 Å². The Bertz CT molecular complexity index is 566. The van der Waals surface area contributed by atoms with Crippen LogP contribution in [0, 0.1) is 6.92 Å². The molecule has 0 saturated carbocycles. The van der Waals surface area contributed by atoms with Gasteiger partial charge in [0, 0.05) is 27.2 Å². The largest absolute Gasteiger partial charge is 0.302 e. The van der Waals surface area contributed by atoms with Crippen molar-refractivity contribution < 1.29 is 0 Å². The van der Waals surface area contributed by atoms with Gasteiger partial charge < -0.3 is 5.32 Å². The van der Waals surface area contributed by atoms with Gasteiger partial charge in [0.1, 0.15) is 5.01 Å². The Labute approximate surface area is 127 Å². The van der Waals surface area contributed by atoms with Gasteiger partial charge in [-0.25, -0.2) is 4.98 Å². The van der Waals surface area contributed by atoms with Gasteiger partial charge in [0.15, 0.2) is 0 Å². The predicted octanol–water partition coefficient (Wildman–Crippen LogP) is 4.85. The minimum atomic E-state index is -0.0232. The Morgan fingerprint density at radius 1 is 1.26 bits per heavy atom. The molecule has 0 spiro atoms. The zero-order valence-corrected chi connectivity index (χ0v) is 13.4. The number of thiazole rings is 1.